The molecule has 3 N–H and O–H groups in total. The molecule has 0 saturated carbocycles. The van der Waals surface area contributed by atoms with Crippen LogP contribution in [0.1, 0.15) is 5.56 Å². The molecule has 172 valence electrons. The third kappa shape index (κ3) is 5.60. The van der Waals surface area contributed by atoms with E-state index in [4.69, 9.17) is 0 Å². The molecule has 0 radical (unpaired) electrons. The summed E-state index contributed by atoms with van der Waals surface area (Å²) in [5, 5.41) is 5.22. The average Bonchev–Trinajstić information content (AvgIpc) is 2.85. The largest absolute Gasteiger partial charge is 0.334 e. The highest BCUT2D eigenvalue weighted by Crippen LogP contribution is 2.28. The van der Waals surface area contributed by atoms with Crippen molar-refractivity contribution >= 4 is 27.4 Å². The Balaban J connectivity index is 1.42. The summed E-state index contributed by atoms with van der Waals surface area (Å²) in [6, 6.07) is 28.0. The lowest BCUT2D eigenvalue weighted by molar-refractivity contribution is 0.251. The zero-order valence-electron chi connectivity index (χ0n) is 18.0. The number of amides is 2. The summed E-state index contributed by atoms with van der Waals surface area (Å²) >= 11 is 0. The second kappa shape index (κ2) is 10.2. The van der Waals surface area contributed by atoms with E-state index in [0.29, 0.717) is 22.5 Å². The van der Waals surface area contributed by atoms with Gasteiger partial charge in [-0.1, -0.05) is 66.7 Å². The Morgan fingerprint density at radius 3 is 2.09 bits per heavy atom. The lowest BCUT2D eigenvalue weighted by Crippen LogP contribution is -2.28. The fraction of sp³-hybridized carbons (Fsp3) is 0.0385. The summed E-state index contributed by atoms with van der Waals surface area (Å²) in [6.45, 7) is 0.0389. The van der Waals surface area contributed by atoms with Crippen LogP contribution in [0.25, 0.3) is 11.1 Å². The fourth-order valence-corrected chi connectivity index (χ4v) is 4.67. The van der Waals surface area contributed by atoms with Crippen LogP contribution in [-0.4, -0.2) is 14.4 Å². The van der Waals surface area contributed by atoms with E-state index in [1.165, 1.54) is 6.07 Å². The van der Waals surface area contributed by atoms with Crippen LogP contribution in [0.2, 0.25) is 0 Å². The second-order valence-corrected chi connectivity index (χ2v) is 9.09. The summed E-state index contributed by atoms with van der Waals surface area (Å²) in [5.41, 5.74) is 2.57. The number of urea groups is 1. The molecule has 0 unspecified atom stereocenters. The van der Waals surface area contributed by atoms with Crippen molar-refractivity contribution in [2.24, 2.45) is 0 Å². The van der Waals surface area contributed by atoms with Crippen LogP contribution in [0.5, 0.6) is 0 Å². The van der Waals surface area contributed by atoms with Crippen molar-refractivity contribution in [1.82, 2.24) is 5.32 Å². The van der Waals surface area contributed by atoms with Crippen LogP contribution in [0.3, 0.4) is 0 Å². The highest BCUT2D eigenvalue weighted by Gasteiger charge is 2.19. The molecule has 0 fully saturated rings. The number of benzene rings is 4. The second-order valence-electron chi connectivity index (χ2n) is 7.44. The highest BCUT2D eigenvalue weighted by molar-refractivity contribution is 7.92. The topological polar surface area (TPSA) is 87.3 Å². The Morgan fingerprint density at radius 2 is 1.35 bits per heavy atom. The number of hydrogen-bond donors (Lipinski definition) is 3. The minimum absolute atomic E-state index is 0.0389. The standard InChI is InChI=1S/C26H22FN3O3S/c27-24-12-6-4-10-20(24)18-28-26(31)29-21-14-16-22(17-15-21)30-34(32,33)25-13-7-5-11-23(25)19-8-2-1-3-9-19/h1-17,30H,18H2,(H2,28,29,31). The van der Waals surface area contributed by atoms with E-state index >= 15 is 0 Å². The maximum Gasteiger partial charge on any atom is 0.319 e. The monoisotopic (exact) mass is 475 g/mol. The summed E-state index contributed by atoms with van der Waals surface area (Å²) in [7, 11) is -3.86. The van der Waals surface area contributed by atoms with Crippen LogP contribution in [0, 0.1) is 5.82 Å². The minimum atomic E-state index is -3.86. The van der Waals surface area contributed by atoms with E-state index in [2.05, 4.69) is 15.4 Å². The van der Waals surface area contributed by atoms with Gasteiger partial charge in [0.15, 0.2) is 0 Å². The van der Waals surface area contributed by atoms with Gasteiger partial charge in [-0.3, -0.25) is 4.72 Å². The minimum Gasteiger partial charge on any atom is -0.334 e. The lowest BCUT2D eigenvalue weighted by atomic mass is 10.1. The maximum absolute atomic E-state index is 13.7. The van der Waals surface area contributed by atoms with Gasteiger partial charge in [-0.2, -0.15) is 0 Å². The van der Waals surface area contributed by atoms with Crippen LogP contribution in [0.4, 0.5) is 20.6 Å². The van der Waals surface area contributed by atoms with Gasteiger partial charge in [0.1, 0.15) is 5.82 Å². The molecule has 0 atom stereocenters. The first-order chi connectivity index (χ1) is 16.4. The van der Waals surface area contributed by atoms with Gasteiger partial charge in [-0.05, 0) is 42.0 Å². The number of rotatable bonds is 7. The van der Waals surface area contributed by atoms with Crippen molar-refractivity contribution in [3.8, 4) is 11.1 Å². The average molecular weight is 476 g/mol. The van der Waals surface area contributed by atoms with Crippen molar-refractivity contribution in [3.63, 3.8) is 0 Å². The quantitative estimate of drug-likeness (QED) is 0.324. The Bertz CT molecular complexity index is 1390. The first-order valence-corrected chi connectivity index (χ1v) is 12.0. The molecular formula is C26H22FN3O3S. The molecule has 0 aliphatic rings. The fourth-order valence-electron chi connectivity index (χ4n) is 3.38. The normalized spacial score (nSPS) is 11.0. The van der Waals surface area contributed by atoms with Crippen LogP contribution in [-0.2, 0) is 16.6 Å². The Kier molecular flexibility index (Phi) is 6.89. The van der Waals surface area contributed by atoms with E-state index in [1.54, 1.807) is 66.7 Å². The van der Waals surface area contributed by atoms with Crippen molar-refractivity contribution in [1.29, 1.82) is 0 Å². The van der Waals surface area contributed by atoms with E-state index < -0.39 is 21.9 Å². The number of carbonyl (C=O) groups excluding carboxylic acids is 1. The number of carbonyl (C=O) groups is 1. The van der Waals surface area contributed by atoms with E-state index in [1.807, 2.05) is 30.3 Å². The number of halogens is 1. The highest BCUT2D eigenvalue weighted by atomic mass is 32.2. The summed E-state index contributed by atoms with van der Waals surface area (Å²) < 4.78 is 42.4. The molecule has 0 spiro atoms. The first kappa shape index (κ1) is 23.0. The van der Waals surface area contributed by atoms with Gasteiger partial charge in [-0.15, -0.1) is 0 Å². The van der Waals surface area contributed by atoms with Crippen molar-refractivity contribution in [2.75, 3.05) is 10.0 Å². The number of anilines is 2. The molecule has 0 aromatic heterocycles. The number of hydrogen-bond acceptors (Lipinski definition) is 3. The molecule has 0 aliphatic heterocycles. The third-order valence-electron chi connectivity index (χ3n) is 5.05. The molecule has 4 aromatic rings. The van der Waals surface area contributed by atoms with Gasteiger partial charge in [0, 0.05) is 29.0 Å². The van der Waals surface area contributed by atoms with Gasteiger partial charge in [0.05, 0.1) is 4.90 Å². The van der Waals surface area contributed by atoms with Crippen LogP contribution in [0.15, 0.2) is 108 Å². The zero-order chi connectivity index (χ0) is 24.0. The predicted molar refractivity (Wildman–Crippen MR) is 131 cm³/mol. The molecule has 2 amide bonds. The Labute approximate surface area is 197 Å². The van der Waals surface area contributed by atoms with Crippen LogP contribution < -0.4 is 15.4 Å². The Morgan fingerprint density at radius 1 is 0.735 bits per heavy atom. The maximum atomic E-state index is 13.7. The van der Waals surface area contributed by atoms with E-state index in [-0.39, 0.29) is 11.4 Å². The molecule has 4 aromatic carbocycles. The predicted octanol–water partition coefficient (Wildman–Crippen LogP) is 5.62. The molecule has 0 saturated heterocycles. The summed E-state index contributed by atoms with van der Waals surface area (Å²) in [5.74, 6) is -0.395. The zero-order valence-corrected chi connectivity index (χ0v) is 18.8. The summed E-state index contributed by atoms with van der Waals surface area (Å²) in [6.07, 6.45) is 0. The smallest absolute Gasteiger partial charge is 0.319 e. The van der Waals surface area contributed by atoms with Crippen molar-refractivity contribution in [3.05, 3.63) is 115 Å². The molecule has 0 aliphatic carbocycles. The van der Waals surface area contributed by atoms with E-state index in [9.17, 15) is 17.6 Å². The van der Waals surface area contributed by atoms with Crippen molar-refractivity contribution < 1.29 is 17.6 Å². The first-order valence-electron chi connectivity index (χ1n) is 10.5. The van der Waals surface area contributed by atoms with E-state index in [0.717, 1.165) is 5.56 Å². The number of nitrogens with one attached hydrogen (secondary N) is 3. The number of sulfonamides is 1. The van der Waals surface area contributed by atoms with Crippen molar-refractivity contribution in [2.45, 2.75) is 11.4 Å². The Hall–Kier alpha value is -4.17. The van der Waals surface area contributed by atoms with Gasteiger partial charge < -0.3 is 10.6 Å². The molecule has 0 heterocycles. The SMILES string of the molecule is O=C(NCc1ccccc1F)Nc1ccc(NS(=O)(=O)c2ccccc2-c2ccccc2)cc1. The molecule has 8 heteroatoms. The van der Waals surface area contributed by atoms with Gasteiger partial charge in [-0.25, -0.2) is 17.6 Å². The van der Waals surface area contributed by atoms with Gasteiger partial charge in [0.2, 0.25) is 0 Å². The van der Waals surface area contributed by atoms with Gasteiger partial charge in [0.25, 0.3) is 10.0 Å². The van der Waals surface area contributed by atoms with Crippen LogP contribution >= 0.6 is 0 Å². The molecule has 6 nitrogen and oxygen atoms in total. The lowest BCUT2D eigenvalue weighted by Gasteiger charge is -2.13. The molecular weight excluding hydrogens is 453 g/mol. The third-order valence-corrected chi connectivity index (χ3v) is 6.49. The summed E-state index contributed by atoms with van der Waals surface area (Å²) in [4.78, 5) is 12.3. The molecule has 0 bridgehead atoms. The van der Waals surface area contributed by atoms with Gasteiger partial charge >= 0.3 is 6.03 Å². The molecule has 34 heavy (non-hydrogen) atoms. The molecule has 4 rings (SSSR count).